The molecule has 154 valence electrons. The van der Waals surface area contributed by atoms with Crippen LogP contribution in [0.15, 0.2) is 53.0 Å². The number of piperazine rings is 1. The first-order valence-corrected chi connectivity index (χ1v) is 10.5. The second-order valence-corrected chi connectivity index (χ2v) is 7.93. The number of hydrogen-bond acceptors (Lipinski definition) is 4. The van der Waals surface area contributed by atoms with Crippen LogP contribution in [0.1, 0.15) is 15.9 Å². The van der Waals surface area contributed by atoms with Gasteiger partial charge in [0.25, 0.3) is 5.91 Å². The van der Waals surface area contributed by atoms with Crippen LogP contribution in [0.3, 0.4) is 0 Å². The van der Waals surface area contributed by atoms with Gasteiger partial charge >= 0.3 is 0 Å². The molecule has 6 nitrogen and oxygen atoms in total. The zero-order valence-corrected chi connectivity index (χ0v) is 18.2. The molecular formula is C22H26BrN3O3. The molecule has 1 fully saturated rings. The van der Waals surface area contributed by atoms with Gasteiger partial charge in [-0.15, -0.1) is 0 Å². The third-order valence-corrected chi connectivity index (χ3v) is 5.58. The summed E-state index contributed by atoms with van der Waals surface area (Å²) < 4.78 is 6.02. The van der Waals surface area contributed by atoms with E-state index < -0.39 is 0 Å². The second-order valence-electron chi connectivity index (χ2n) is 7.01. The minimum atomic E-state index is -0.238. The van der Waals surface area contributed by atoms with Gasteiger partial charge in [-0.2, -0.15) is 0 Å². The Kier molecular flexibility index (Phi) is 7.66. The van der Waals surface area contributed by atoms with Crippen LogP contribution in [0, 0.1) is 0 Å². The van der Waals surface area contributed by atoms with Crippen LogP contribution >= 0.6 is 15.9 Å². The molecule has 0 aromatic heterocycles. The van der Waals surface area contributed by atoms with Crippen molar-refractivity contribution < 1.29 is 14.3 Å². The minimum absolute atomic E-state index is 0.0250. The lowest BCUT2D eigenvalue weighted by atomic mass is 10.1. The molecule has 1 heterocycles. The quantitative estimate of drug-likeness (QED) is 0.690. The van der Waals surface area contributed by atoms with E-state index in [1.54, 1.807) is 25.3 Å². The van der Waals surface area contributed by atoms with Gasteiger partial charge < -0.3 is 15.0 Å². The Hall–Kier alpha value is -2.38. The zero-order chi connectivity index (χ0) is 20.6. The fourth-order valence-electron chi connectivity index (χ4n) is 3.30. The summed E-state index contributed by atoms with van der Waals surface area (Å²) in [4.78, 5) is 28.8. The maximum atomic E-state index is 12.4. The third kappa shape index (κ3) is 6.30. The van der Waals surface area contributed by atoms with E-state index in [-0.39, 0.29) is 18.4 Å². The lowest BCUT2D eigenvalue weighted by molar-refractivity contribution is -0.131. The standard InChI is InChI=1S/C22H26BrN3O3/c1-29-20-7-5-17(6-8-20)9-10-25-11-13-26(14-12-25)21(27)16-24-22(28)18-3-2-4-19(23)15-18/h2-8,15H,9-14,16H2,1H3,(H,24,28). The highest BCUT2D eigenvalue weighted by Gasteiger charge is 2.21. The fraction of sp³-hybridized carbons (Fsp3) is 0.364. The number of carbonyl (C=O) groups is 2. The van der Waals surface area contributed by atoms with Crippen molar-refractivity contribution >= 4 is 27.7 Å². The first-order chi connectivity index (χ1) is 14.0. The summed E-state index contributed by atoms with van der Waals surface area (Å²) >= 11 is 3.35. The molecular weight excluding hydrogens is 434 g/mol. The molecule has 0 unspecified atom stereocenters. The molecule has 1 saturated heterocycles. The molecule has 29 heavy (non-hydrogen) atoms. The summed E-state index contributed by atoms with van der Waals surface area (Å²) in [5, 5.41) is 2.72. The predicted molar refractivity (Wildman–Crippen MR) is 116 cm³/mol. The first-order valence-electron chi connectivity index (χ1n) is 9.72. The summed E-state index contributed by atoms with van der Waals surface area (Å²) in [7, 11) is 1.67. The van der Waals surface area contributed by atoms with Gasteiger partial charge in [-0.3, -0.25) is 14.5 Å². The van der Waals surface area contributed by atoms with Crippen molar-refractivity contribution in [3.63, 3.8) is 0 Å². The predicted octanol–water partition coefficient (Wildman–Crippen LogP) is 2.57. The minimum Gasteiger partial charge on any atom is -0.497 e. The lowest BCUT2D eigenvalue weighted by Gasteiger charge is -2.34. The van der Waals surface area contributed by atoms with E-state index >= 15 is 0 Å². The number of nitrogens with zero attached hydrogens (tertiary/aromatic N) is 2. The Balaban J connectivity index is 1.38. The Bertz CT molecular complexity index is 833. The Morgan fingerprint density at radius 2 is 1.79 bits per heavy atom. The normalized spacial score (nSPS) is 14.5. The van der Waals surface area contributed by atoms with E-state index in [1.165, 1.54) is 5.56 Å². The molecule has 0 bridgehead atoms. The molecule has 2 aromatic carbocycles. The number of ether oxygens (including phenoxy) is 1. The van der Waals surface area contributed by atoms with E-state index in [0.717, 1.165) is 36.3 Å². The van der Waals surface area contributed by atoms with Crippen LogP contribution < -0.4 is 10.1 Å². The van der Waals surface area contributed by atoms with Crippen molar-refractivity contribution in [1.82, 2.24) is 15.1 Å². The highest BCUT2D eigenvalue weighted by atomic mass is 79.9. The molecule has 7 heteroatoms. The fourth-order valence-corrected chi connectivity index (χ4v) is 3.70. The Morgan fingerprint density at radius 3 is 2.45 bits per heavy atom. The van der Waals surface area contributed by atoms with Crippen LogP contribution in [-0.4, -0.2) is 68.0 Å². The summed E-state index contributed by atoms with van der Waals surface area (Å²) in [6, 6.07) is 15.3. The van der Waals surface area contributed by atoms with Crippen LogP contribution in [0.25, 0.3) is 0 Å². The van der Waals surface area contributed by atoms with Gasteiger partial charge in [0.15, 0.2) is 0 Å². The number of benzene rings is 2. The van der Waals surface area contributed by atoms with Gasteiger partial charge in [-0.05, 0) is 42.3 Å². The highest BCUT2D eigenvalue weighted by Crippen LogP contribution is 2.13. The summed E-state index contributed by atoms with van der Waals surface area (Å²) in [6.45, 7) is 4.07. The van der Waals surface area contributed by atoms with E-state index in [9.17, 15) is 9.59 Å². The van der Waals surface area contributed by atoms with Gasteiger partial charge in [0.2, 0.25) is 5.91 Å². The largest absolute Gasteiger partial charge is 0.497 e. The molecule has 0 aliphatic carbocycles. The van der Waals surface area contributed by atoms with Crippen LogP contribution in [0.2, 0.25) is 0 Å². The lowest BCUT2D eigenvalue weighted by Crippen LogP contribution is -2.51. The van der Waals surface area contributed by atoms with Crippen LogP contribution in [0.5, 0.6) is 5.75 Å². The van der Waals surface area contributed by atoms with Gasteiger partial charge in [0, 0.05) is 42.8 Å². The molecule has 0 radical (unpaired) electrons. The topological polar surface area (TPSA) is 61.9 Å². The van der Waals surface area contributed by atoms with Gasteiger partial charge in [-0.1, -0.05) is 34.1 Å². The van der Waals surface area contributed by atoms with Gasteiger partial charge in [-0.25, -0.2) is 0 Å². The number of nitrogens with one attached hydrogen (secondary N) is 1. The number of rotatable bonds is 7. The van der Waals surface area contributed by atoms with Crippen molar-refractivity contribution in [2.45, 2.75) is 6.42 Å². The molecule has 2 aromatic rings. The molecule has 0 spiro atoms. The smallest absolute Gasteiger partial charge is 0.251 e. The highest BCUT2D eigenvalue weighted by molar-refractivity contribution is 9.10. The number of methoxy groups -OCH3 is 1. The van der Waals surface area contributed by atoms with Crippen molar-refractivity contribution in [3.05, 3.63) is 64.1 Å². The summed E-state index contributed by atoms with van der Waals surface area (Å²) in [6.07, 6.45) is 0.973. The number of halogens is 1. The number of amides is 2. The third-order valence-electron chi connectivity index (χ3n) is 5.09. The van der Waals surface area contributed by atoms with Crippen molar-refractivity contribution in [2.75, 3.05) is 46.4 Å². The van der Waals surface area contributed by atoms with E-state index in [4.69, 9.17) is 4.74 Å². The molecule has 0 saturated carbocycles. The average molecular weight is 460 g/mol. The SMILES string of the molecule is COc1ccc(CCN2CCN(C(=O)CNC(=O)c3cccc(Br)c3)CC2)cc1. The van der Waals surface area contributed by atoms with Crippen molar-refractivity contribution in [3.8, 4) is 5.75 Å². The van der Waals surface area contributed by atoms with Crippen LogP contribution in [0.4, 0.5) is 0 Å². The molecule has 1 N–H and O–H groups in total. The number of carbonyl (C=O) groups excluding carboxylic acids is 2. The monoisotopic (exact) mass is 459 g/mol. The molecule has 2 amide bonds. The van der Waals surface area contributed by atoms with Crippen LogP contribution in [-0.2, 0) is 11.2 Å². The number of hydrogen-bond donors (Lipinski definition) is 1. The van der Waals surface area contributed by atoms with E-state index in [1.807, 2.05) is 23.1 Å². The maximum absolute atomic E-state index is 12.4. The van der Waals surface area contributed by atoms with Gasteiger partial charge in [0.1, 0.15) is 5.75 Å². The van der Waals surface area contributed by atoms with Crippen molar-refractivity contribution in [2.24, 2.45) is 0 Å². The molecule has 0 atom stereocenters. The second kappa shape index (κ2) is 10.4. The first kappa shape index (κ1) is 21.3. The van der Waals surface area contributed by atoms with Gasteiger partial charge in [0.05, 0.1) is 13.7 Å². The molecule has 1 aliphatic rings. The molecule has 1 aliphatic heterocycles. The average Bonchev–Trinajstić information content (AvgIpc) is 2.76. The Morgan fingerprint density at radius 1 is 1.07 bits per heavy atom. The summed E-state index contributed by atoms with van der Waals surface area (Å²) in [5.74, 6) is 0.591. The Labute approximate surface area is 180 Å². The van der Waals surface area contributed by atoms with E-state index in [2.05, 4.69) is 38.3 Å². The maximum Gasteiger partial charge on any atom is 0.251 e. The zero-order valence-electron chi connectivity index (χ0n) is 16.6. The molecule has 3 rings (SSSR count). The summed E-state index contributed by atoms with van der Waals surface area (Å²) in [5.41, 5.74) is 1.81. The van der Waals surface area contributed by atoms with E-state index in [0.29, 0.717) is 18.7 Å². The van der Waals surface area contributed by atoms with Crippen molar-refractivity contribution in [1.29, 1.82) is 0 Å².